The summed E-state index contributed by atoms with van der Waals surface area (Å²) in [6.07, 6.45) is 0. The van der Waals surface area contributed by atoms with Crippen LogP contribution < -0.4 is 4.90 Å². The summed E-state index contributed by atoms with van der Waals surface area (Å²) < 4.78 is 5.26. The lowest BCUT2D eigenvalue weighted by molar-refractivity contribution is 1.31. The summed E-state index contributed by atoms with van der Waals surface area (Å²) in [5, 5.41) is 8.81. The molecule has 0 bridgehead atoms. The minimum Gasteiger partial charge on any atom is -0.310 e. The van der Waals surface area contributed by atoms with E-state index in [-0.39, 0.29) is 0 Å². The van der Waals surface area contributed by atoms with Crippen LogP contribution in [0, 0.1) is 0 Å². The molecule has 5 heteroatoms. The molecule has 0 radical (unpaired) electrons. The van der Waals surface area contributed by atoms with Gasteiger partial charge in [-0.05, 0) is 54.6 Å². The van der Waals surface area contributed by atoms with E-state index >= 15 is 0 Å². The van der Waals surface area contributed by atoms with Crippen molar-refractivity contribution in [1.82, 2.24) is 4.98 Å². The third-order valence-electron chi connectivity index (χ3n) is 9.64. The van der Waals surface area contributed by atoms with Gasteiger partial charge in [0.05, 0.1) is 16.3 Å². The van der Waals surface area contributed by atoms with E-state index in [0.29, 0.717) is 0 Å². The number of hydrogen-bond donors (Lipinski definition) is 0. The highest BCUT2D eigenvalue weighted by Crippen LogP contribution is 2.54. The molecule has 0 atom stereocenters. The summed E-state index contributed by atoms with van der Waals surface area (Å²) in [4.78, 5) is 8.94. The van der Waals surface area contributed by atoms with Crippen molar-refractivity contribution in [3.05, 3.63) is 146 Å². The van der Waals surface area contributed by atoms with Crippen molar-refractivity contribution in [3.63, 3.8) is 0 Å². The lowest BCUT2D eigenvalue weighted by Crippen LogP contribution is -2.10. The molecule has 48 heavy (non-hydrogen) atoms. The van der Waals surface area contributed by atoms with Crippen LogP contribution in [-0.2, 0) is 0 Å². The highest BCUT2D eigenvalue weighted by molar-refractivity contribution is 7.26. The molecule has 0 aliphatic heterocycles. The first kappa shape index (κ1) is 26.7. The van der Waals surface area contributed by atoms with Crippen molar-refractivity contribution in [2.75, 3.05) is 4.90 Å². The second kappa shape index (κ2) is 10.1. The van der Waals surface area contributed by atoms with Gasteiger partial charge in [0.15, 0.2) is 0 Å². The molecule has 2 nitrogen and oxygen atoms in total. The van der Waals surface area contributed by atoms with Crippen LogP contribution in [0.2, 0.25) is 0 Å². The number of rotatable bonds is 4. The number of nitrogens with zero attached hydrogens (tertiary/aromatic N) is 2. The first-order chi connectivity index (χ1) is 23.8. The Labute approximate surface area is 288 Å². The van der Waals surface area contributed by atoms with Gasteiger partial charge < -0.3 is 4.90 Å². The molecule has 224 valence electrons. The predicted molar refractivity (Wildman–Crippen MR) is 210 cm³/mol. The largest absolute Gasteiger partial charge is 0.310 e. The Morgan fingerprint density at radius 1 is 0.438 bits per heavy atom. The van der Waals surface area contributed by atoms with E-state index in [1.54, 1.807) is 11.3 Å². The maximum atomic E-state index is 5.21. The first-order valence-corrected chi connectivity index (χ1v) is 18.5. The van der Waals surface area contributed by atoms with E-state index in [9.17, 15) is 0 Å². The summed E-state index contributed by atoms with van der Waals surface area (Å²) in [6, 6.07) is 53.4. The number of benzene rings is 7. The lowest BCUT2D eigenvalue weighted by atomic mass is 10.0. The maximum Gasteiger partial charge on any atom is 0.124 e. The van der Waals surface area contributed by atoms with E-state index < -0.39 is 0 Å². The second-order valence-electron chi connectivity index (χ2n) is 12.3. The minimum absolute atomic E-state index is 1.07. The molecule has 1 aliphatic carbocycles. The zero-order valence-corrected chi connectivity index (χ0v) is 27.9. The number of fused-ring (bicyclic) bond motifs is 9. The Morgan fingerprint density at radius 2 is 1.04 bits per heavy atom. The molecule has 3 aromatic heterocycles. The van der Waals surface area contributed by atoms with Gasteiger partial charge in [-0.1, -0.05) is 91.0 Å². The average Bonchev–Trinajstić information content (AvgIpc) is 3.90. The molecule has 0 amide bonds. The molecule has 0 N–H and O–H groups in total. The van der Waals surface area contributed by atoms with Crippen molar-refractivity contribution in [2.24, 2.45) is 0 Å². The van der Waals surface area contributed by atoms with E-state index in [4.69, 9.17) is 4.98 Å². The molecule has 0 unspecified atom stereocenters. The quantitative estimate of drug-likeness (QED) is 0.186. The van der Waals surface area contributed by atoms with Gasteiger partial charge in [0.25, 0.3) is 0 Å². The van der Waals surface area contributed by atoms with Gasteiger partial charge in [-0.3, -0.25) is 0 Å². The fourth-order valence-corrected chi connectivity index (χ4v) is 10.8. The maximum absolute atomic E-state index is 5.21. The topological polar surface area (TPSA) is 16.1 Å². The van der Waals surface area contributed by atoms with Crippen LogP contribution in [0.3, 0.4) is 0 Å². The second-order valence-corrected chi connectivity index (χ2v) is 15.5. The molecular weight excluding hydrogens is 641 g/mol. The van der Waals surface area contributed by atoms with Crippen LogP contribution in [0.4, 0.5) is 17.1 Å². The van der Waals surface area contributed by atoms with Gasteiger partial charge >= 0.3 is 0 Å². The third-order valence-corrected chi connectivity index (χ3v) is 13.1. The minimum atomic E-state index is 1.07. The van der Waals surface area contributed by atoms with Crippen LogP contribution in [0.5, 0.6) is 0 Å². The molecule has 3 heterocycles. The van der Waals surface area contributed by atoms with Crippen LogP contribution in [0.15, 0.2) is 146 Å². The Hall–Kier alpha value is -5.33. The Kier molecular flexibility index (Phi) is 5.61. The molecule has 7 aromatic carbocycles. The summed E-state index contributed by atoms with van der Waals surface area (Å²) >= 11 is 5.52. The zero-order chi connectivity index (χ0) is 31.3. The Morgan fingerprint density at radius 3 is 1.73 bits per heavy atom. The lowest BCUT2D eigenvalue weighted by Gasteiger charge is -2.27. The highest BCUT2D eigenvalue weighted by atomic mass is 32.1. The van der Waals surface area contributed by atoms with Crippen molar-refractivity contribution in [2.45, 2.75) is 0 Å². The summed E-state index contributed by atoms with van der Waals surface area (Å²) in [6.45, 7) is 0. The smallest absolute Gasteiger partial charge is 0.124 e. The average molecular weight is 665 g/mol. The molecule has 10 aromatic rings. The number of thiophene rings is 2. The molecule has 11 rings (SSSR count). The van der Waals surface area contributed by atoms with Gasteiger partial charge in [0, 0.05) is 79.2 Å². The van der Waals surface area contributed by atoms with Crippen LogP contribution >= 0.6 is 34.0 Å². The SMILES string of the molecule is c1ccc(-c2nc3c(s2)-c2cccc4c(N(c5ccc6sc7ccccc7c6c5)c5ccc6sc7ccccc7c6c5)ccc-3c24)cc1. The van der Waals surface area contributed by atoms with Crippen molar-refractivity contribution < 1.29 is 0 Å². The fraction of sp³-hybridized carbons (Fsp3) is 0. The molecule has 0 saturated heterocycles. The molecule has 0 fully saturated rings. The van der Waals surface area contributed by atoms with E-state index in [1.165, 1.54) is 78.4 Å². The van der Waals surface area contributed by atoms with Gasteiger partial charge in [-0.15, -0.1) is 34.0 Å². The molecular formula is C43H24N2S3. The first-order valence-electron chi connectivity index (χ1n) is 16.0. The molecule has 1 aliphatic rings. The van der Waals surface area contributed by atoms with Gasteiger partial charge in [-0.25, -0.2) is 4.98 Å². The number of hydrogen-bond acceptors (Lipinski definition) is 5. The van der Waals surface area contributed by atoms with Crippen molar-refractivity contribution >= 4 is 102 Å². The monoisotopic (exact) mass is 664 g/mol. The van der Waals surface area contributed by atoms with Crippen LogP contribution in [0.25, 0.3) is 83.4 Å². The van der Waals surface area contributed by atoms with Crippen LogP contribution in [0.1, 0.15) is 0 Å². The van der Waals surface area contributed by atoms with Gasteiger partial charge in [-0.2, -0.15) is 0 Å². The standard InChI is InChI=1S/C43H24N2S3/c1-2-9-25(10-3-1)43-44-41-31-19-20-35(30-13-8-14-32(40(30)31)42(41)48-43)45(26-17-21-38-33(23-26)28-11-4-6-15-36(28)46-38)27-18-22-39-34(24-27)29-12-5-7-16-37(29)47-39/h1-24H. The fourth-order valence-electron chi connectivity index (χ4n) is 7.50. The summed E-state index contributed by atoms with van der Waals surface area (Å²) in [5.74, 6) is 0. The van der Waals surface area contributed by atoms with Gasteiger partial charge in [0.1, 0.15) is 5.01 Å². The van der Waals surface area contributed by atoms with Crippen molar-refractivity contribution in [3.8, 4) is 32.3 Å². The van der Waals surface area contributed by atoms with Crippen molar-refractivity contribution in [1.29, 1.82) is 0 Å². The van der Waals surface area contributed by atoms with E-state index in [1.807, 2.05) is 22.7 Å². The third kappa shape index (κ3) is 3.81. The Bertz CT molecular complexity index is 2770. The number of thiazole rings is 1. The molecule has 0 saturated carbocycles. The predicted octanol–water partition coefficient (Wildman–Crippen LogP) is 13.8. The van der Waals surface area contributed by atoms with E-state index in [0.717, 1.165) is 22.1 Å². The Balaban J connectivity index is 1.16. The number of anilines is 3. The zero-order valence-electron chi connectivity index (χ0n) is 25.5. The summed E-state index contributed by atoms with van der Waals surface area (Å²) in [5.41, 5.74) is 8.24. The summed E-state index contributed by atoms with van der Waals surface area (Å²) in [7, 11) is 0. The van der Waals surface area contributed by atoms with Crippen LogP contribution in [-0.4, -0.2) is 4.98 Å². The highest BCUT2D eigenvalue weighted by Gasteiger charge is 2.29. The molecule has 0 spiro atoms. The van der Waals surface area contributed by atoms with E-state index in [2.05, 4.69) is 150 Å². The normalized spacial score (nSPS) is 12.2. The number of aromatic nitrogens is 1. The van der Waals surface area contributed by atoms with Gasteiger partial charge in [0.2, 0.25) is 0 Å².